The zero-order valence-electron chi connectivity index (χ0n) is 13.4. The summed E-state index contributed by atoms with van der Waals surface area (Å²) < 4.78 is 3.57. The number of rotatable bonds is 6. The smallest absolute Gasteiger partial charge is 0.250 e. The number of hydrogen-bond acceptors (Lipinski definition) is 6. The van der Waals surface area contributed by atoms with Crippen molar-refractivity contribution in [2.24, 2.45) is 0 Å². The Morgan fingerprint density at radius 3 is 2.88 bits per heavy atom. The van der Waals surface area contributed by atoms with E-state index in [0.29, 0.717) is 11.7 Å². The van der Waals surface area contributed by atoms with E-state index in [0.717, 1.165) is 21.2 Å². The van der Waals surface area contributed by atoms with E-state index in [1.54, 1.807) is 4.90 Å². The van der Waals surface area contributed by atoms with Crippen molar-refractivity contribution in [1.82, 2.24) is 24.6 Å². The van der Waals surface area contributed by atoms with Crippen LogP contribution in [0.25, 0.3) is 10.2 Å². The van der Waals surface area contributed by atoms with E-state index in [9.17, 15) is 4.79 Å². The van der Waals surface area contributed by atoms with E-state index in [1.165, 1.54) is 28.7 Å². The van der Waals surface area contributed by atoms with E-state index in [2.05, 4.69) is 31.0 Å². The lowest BCUT2D eigenvalue weighted by Gasteiger charge is -2.21. The lowest BCUT2D eigenvalue weighted by molar-refractivity contribution is -0.119. The molecule has 3 rings (SSSR count). The van der Waals surface area contributed by atoms with E-state index < -0.39 is 0 Å². The fraction of sp³-hybridized carbons (Fsp3) is 0.333. The number of amides is 1. The Bertz CT molecular complexity index is 832. The van der Waals surface area contributed by atoms with Crippen molar-refractivity contribution < 1.29 is 4.79 Å². The molecule has 24 heavy (non-hydrogen) atoms. The highest BCUT2D eigenvalue weighted by atomic mass is 79.9. The van der Waals surface area contributed by atoms with Crippen LogP contribution in [0.4, 0.5) is 5.13 Å². The highest BCUT2D eigenvalue weighted by molar-refractivity contribution is 9.10. The van der Waals surface area contributed by atoms with Gasteiger partial charge in [-0.2, -0.15) is 5.10 Å². The minimum Gasteiger partial charge on any atom is -0.308 e. The molecule has 0 atom stereocenters. The molecule has 0 aliphatic rings. The van der Waals surface area contributed by atoms with Gasteiger partial charge < -0.3 is 4.90 Å². The van der Waals surface area contributed by atoms with Gasteiger partial charge in [0.05, 0.1) is 10.2 Å². The van der Waals surface area contributed by atoms with Gasteiger partial charge in [-0.15, -0.1) is 0 Å². The average Bonchev–Trinajstić information content (AvgIpc) is 3.16. The number of anilines is 1. The van der Waals surface area contributed by atoms with Crippen LogP contribution in [-0.4, -0.2) is 57.7 Å². The van der Waals surface area contributed by atoms with Crippen molar-refractivity contribution in [2.75, 3.05) is 32.1 Å². The number of fused-ring (bicyclic) bond motifs is 1. The summed E-state index contributed by atoms with van der Waals surface area (Å²) in [7, 11) is 3.96. The maximum atomic E-state index is 12.7. The molecule has 0 saturated heterocycles. The summed E-state index contributed by atoms with van der Waals surface area (Å²) in [5.41, 5.74) is 0.890. The zero-order valence-corrected chi connectivity index (χ0v) is 15.8. The van der Waals surface area contributed by atoms with Crippen molar-refractivity contribution in [3.05, 3.63) is 35.3 Å². The van der Waals surface area contributed by atoms with E-state index in [-0.39, 0.29) is 12.5 Å². The van der Waals surface area contributed by atoms with Crippen LogP contribution >= 0.6 is 27.3 Å². The molecule has 9 heteroatoms. The number of halogens is 1. The molecule has 3 aromatic rings. The van der Waals surface area contributed by atoms with Crippen LogP contribution in [0.15, 0.2) is 35.3 Å². The van der Waals surface area contributed by atoms with Crippen LogP contribution in [0.3, 0.4) is 0 Å². The number of nitrogens with zero attached hydrogens (tertiary/aromatic N) is 6. The molecule has 126 valence electrons. The molecule has 1 aromatic carbocycles. The molecule has 0 radical (unpaired) electrons. The molecule has 0 spiro atoms. The van der Waals surface area contributed by atoms with Gasteiger partial charge in [0.2, 0.25) is 0 Å². The number of aromatic nitrogens is 4. The summed E-state index contributed by atoms with van der Waals surface area (Å²) in [6.45, 7) is 1.47. The van der Waals surface area contributed by atoms with Crippen LogP contribution in [-0.2, 0) is 11.3 Å². The summed E-state index contributed by atoms with van der Waals surface area (Å²) in [5.74, 6) is -0.0551. The number of carbonyl (C=O) groups is 1. The van der Waals surface area contributed by atoms with Crippen molar-refractivity contribution in [1.29, 1.82) is 0 Å². The van der Waals surface area contributed by atoms with Gasteiger partial charge in [-0.3, -0.25) is 9.69 Å². The zero-order chi connectivity index (χ0) is 17.1. The van der Waals surface area contributed by atoms with Gasteiger partial charge >= 0.3 is 0 Å². The van der Waals surface area contributed by atoms with Crippen molar-refractivity contribution >= 4 is 48.5 Å². The van der Waals surface area contributed by atoms with E-state index in [4.69, 9.17) is 0 Å². The second-order valence-electron chi connectivity index (χ2n) is 5.55. The summed E-state index contributed by atoms with van der Waals surface area (Å²) in [4.78, 5) is 25.0. The van der Waals surface area contributed by atoms with Gasteiger partial charge in [-0.1, -0.05) is 27.3 Å². The minimum atomic E-state index is -0.0551. The first kappa shape index (κ1) is 17.0. The normalized spacial score (nSPS) is 11.3. The first-order valence-corrected chi connectivity index (χ1v) is 8.97. The number of likely N-dealkylation sites (N-methyl/N-ethyl adjacent to an activating group) is 1. The van der Waals surface area contributed by atoms with Gasteiger partial charge in [-0.05, 0) is 32.3 Å². The molecule has 1 amide bonds. The monoisotopic (exact) mass is 408 g/mol. The summed E-state index contributed by atoms with van der Waals surface area (Å²) in [5, 5.41) is 4.71. The average molecular weight is 409 g/mol. The highest BCUT2D eigenvalue weighted by Crippen LogP contribution is 2.31. The molecule has 2 heterocycles. The van der Waals surface area contributed by atoms with Crippen LogP contribution in [0.2, 0.25) is 0 Å². The standard InChI is InChI=1S/C15H17BrN6OS/c1-20(2)5-6-22(14(23)8-21-10-17-9-18-21)15-19-12-4-3-11(16)7-13(12)24-15/h3-4,7,9-10H,5-6,8H2,1-2H3. The first-order chi connectivity index (χ1) is 11.5. The fourth-order valence-corrected chi connectivity index (χ4v) is 3.73. The van der Waals surface area contributed by atoms with Gasteiger partial charge in [0.1, 0.15) is 19.2 Å². The molecule has 0 bridgehead atoms. The SMILES string of the molecule is CN(C)CCN(C(=O)Cn1cncn1)c1nc2ccc(Br)cc2s1. The molecule has 0 unspecified atom stereocenters. The maximum absolute atomic E-state index is 12.7. The summed E-state index contributed by atoms with van der Waals surface area (Å²) in [6.07, 6.45) is 2.96. The Balaban J connectivity index is 1.88. The summed E-state index contributed by atoms with van der Waals surface area (Å²) in [6, 6.07) is 5.92. The molecular formula is C15H17BrN6OS. The number of thiazole rings is 1. The van der Waals surface area contributed by atoms with Crippen LogP contribution in [0.1, 0.15) is 0 Å². The molecule has 0 aliphatic heterocycles. The van der Waals surface area contributed by atoms with Crippen LogP contribution in [0.5, 0.6) is 0 Å². The van der Waals surface area contributed by atoms with Crippen LogP contribution < -0.4 is 4.90 Å². The Hall–Kier alpha value is -1.84. The largest absolute Gasteiger partial charge is 0.308 e. The van der Waals surface area contributed by atoms with Crippen LogP contribution in [0, 0.1) is 0 Å². The number of carbonyl (C=O) groups excluding carboxylic acids is 1. The molecule has 0 aliphatic carbocycles. The molecule has 0 fully saturated rings. The molecule has 0 N–H and O–H groups in total. The lowest BCUT2D eigenvalue weighted by atomic mass is 10.3. The molecule has 7 nitrogen and oxygen atoms in total. The Morgan fingerprint density at radius 1 is 1.33 bits per heavy atom. The van der Waals surface area contributed by atoms with Crippen molar-refractivity contribution in [2.45, 2.75) is 6.54 Å². The molecular weight excluding hydrogens is 392 g/mol. The lowest BCUT2D eigenvalue weighted by Crippen LogP contribution is -2.38. The predicted molar refractivity (Wildman–Crippen MR) is 98.2 cm³/mol. The fourth-order valence-electron chi connectivity index (χ4n) is 2.17. The van der Waals surface area contributed by atoms with Crippen molar-refractivity contribution in [3.8, 4) is 0 Å². The number of benzene rings is 1. The van der Waals surface area contributed by atoms with Gasteiger partial charge in [-0.25, -0.2) is 14.6 Å². The highest BCUT2D eigenvalue weighted by Gasteiger charge is 2.20. The quantitative estimate of drug-likeness (QED) is 0.625. The Morgan fingerprint density at radius 2 is 2.17 bits per heavy atom. The van der Waals surface area contributed by atoms with Crippen molar-refractivity contribution in [3.63, 3.8) is 0 Å². The Labute approximate surface area is 152 Å². The minimum absolute atomic E-state index is 0.0551. The molecule has 0 saturated carbocycles. The first-order valence-electron chi connectivity index (χ1n) is 7.36. The van der Waals surface area contributed by atoms with E-state index in [1.807, 2.05) is 37.2 Å². The third kappa shape index (κ3) is 3.97. The Kier molecular flexibility index (Phi) is 5.22. The number of hydrogen-bond donors (Lipinski definition) is 0. The predicted octanol–water partition coefficient (Wildman–Crippen LogP) is 2.25. The third-order valence-electron chi connectivity index (χ3n) is 3.41. The molecule has 2 aromatic heterocycles. The van der Waals surface area contributed by atoms with Gasteiger partial charge in [0, 0.05) is 17.6 Å². The second-order valence-corrected chi connectivity index (χ2v) is 7.47. The summed E-state index contributed by atoms with van der Waals surface area (Å²) >= 11 is 4.98. The van der Waals surface area contributed by atoms with Gasteiger partial charge in [0.15, 0.2) is 5.13 Å². The van der Waals surface area contributed by atoms with E-state index >= 15 is 0 Å². The second kappa shape index (κ2) is 7.37. The maximum Gasteiger partial charge on any atom is 0.250 e. The van der Waals surface area contributed by atoms with Gasteiger partial charge in [0.25, 0.3) is 5.91 Å². The third-order valence-corrected chi connectivity index (χ3v) is 4.94. The topological polar surface area (TPSA) is 67.2 Å².